The maximum atomic E-state index is 12.9. The van der Waals surface area contributed by atoms with E-state index in [9.17, 15) is 19.5 Å². The SMILES string of the molecule is CCOC(=O)C1=C(COCCN)NC(C)=C(C(=O)OC)C1c1ccccc1Cl.CCOc1nc2cccc(C(=O)O)c2n1Cc1ccc(-c2ccccc2-c2nnn[nH]2)cc1. The first-order valence-corrected chi connectivity index (χ1v) is 19.8. The standard InChI is InChI=1S/C24H20N6O3.C20H25ClN2O5/c1-2-33-24-25-20-9-5-8-19(23(31)32)21(20)30(24)14-15-10-12-16(13-11-15)17-6-3-4-7-18(17)22-26-28-29-27-22;1-4-28-20(25)18-15(11-27-10-9-22)23-12(2)16(19(24)26-3)17(18)13-7-5-6-8-14(13)21/h3-13H,2,14H2,1H3,(H,31,32)(H,26,27,28,29);5-8,17,23H,4,9-11,22H2,1-3H3. The highest BCUT2D eigenvalue weighted by atomic mass is 35.5. The second kappa shape index (κ2) is 20.4. The van der Waals surface area contributed by atoms with Gasteiger partial charge in [0.15, 0.2) is 5.82 Å². The van der Waals surface area contributed by atoms with Gasteiger partial charge in [-0.25, -0.2) is 19.5 Å². The third-order valence-corrected chi connectivity index (χ3v) is 9.98. The van der Waals surface area contributed by atoms with Gasteiger partial charge in [-0.15, -0.1) is 5.10 Å². The number of methoxy groups -OCH3 is 1. The third kappa shape index (κ3) is 9.78. The van der Waals surface area contributed by atoms with Gasteiger partial charge in [0.2, 0.25) is 0 Å². The number of allylic oxidation sites excluding steroid dienone is 1. The second-order valence-corrected chi connectivity index (χ2v) is 13.9. The number of para-hydroxylation sites is 1. The summed E-state index contributed by atoms with van der Waals surface area (Å²) in [6.45, 7) is 7.14. The van der Waals surface area contributed by atoms with Gasteiger partial charge in [-0.2, -0.15) is 4.98 Å². The Morgan fingerprint density at radius 1 is 0.902 bits per heavy atom. The normalized spacial score (nSPS) is 13.6. The molecule has 4 aromatic carbocycles. The fourth-order valence-electron chi connectivity index (χ4n) is 7.03. The first kappa shape index (κ1) is 43.7. The summed E-state index contributed by atoms with van der Waals surface area (Å²) in [4.78, 5) is 41.8. The predicted molar refractivity (Wildman–Crippen MR) is 228 cm³/mol. The molecule has 1 atom stereocenters. The lowest BCUT2D eigenvalue weighted by Crippen LogP contribution is -2.35. The van der Waals surface area contributed by atoms with Gasteiger partial charge in [0, 0.05) is 22.8 Å². The quantitative estimate of drug-likeness (QED) is 0.0659. The smallest absolute Gasteiger partial charge is 0.337 e. The van der Waals surface area contributed by atoms with Crippen LogP contribution < -0.4 is 15.8 Å². The van der Waals surface area contributed by atoms with Crippen LogP contribution in [0.1, 0.15) is 48.2 Å². The summed E-state index contributed by atoms with van der Waals surface area (Å²) < 4.78 is 23.3. The number of nitrogens with zero attached hydrogens (tertiary/aromatic N) is 5. The summed E-state index contributed by atoms with van der Waals surface area (Å²) in [5, 5.41) is 27.4. The molecule has 0 fully saturated rings. The van der Waals surface area contributed by atoms with Crippen molar-refractivity contribution in [3.8, 4) is 28.5 Å². The zero-order chi connectivity index (χ0) is 43.5. The number of H-pyrrole nitrogens is 1. The third-order valence-electron chi connectivity index (χ3n) is 9.64. The van der Waals surface area contributed by atoms with Crippen LogP contribution in [0.5, 0.6) is 6.01 Å². The Balaban J connectivity index is 0.000000207. The molecule has 16 nitrogen and oxygen atoms in total. The van der Waals surface area contributed by atoms with E-state index < -0.39 is 23.8 Å². The minimum Gasteiger partial charge on any atom is -0.478 e. The number of dihydropyridines is 1. The molecule has 1 unspecified atom stereocenters. The lowest BCUT2D eigenvalue weighted by Gasteiger charge is -2.31. The molecule has 2 aromatic heterocycles. The Hall–Kier alpha value is -6.88. The highest BCUT2D eigenvalue weighted by Crippen LogP contribution is 2.42. The lowest BCUT2D eigenvalue weighted by atomic mass is 9.80. The number of carbonyl (C=O) groups is 3. The number of rotatable bonds is 15. The molecule has 0 saturated heterocycles. The number of carboxylic acid groups (broad SMARTS) is 1. The van der Waals surface area contributed by atoms with E-state index >= 15 is 0 Å². The van der Waals surface area contributed by atoms with Crippen LogP contribution in [-0.2, 0) is 30.3 Å². The number of aromatic nitrogens is 6. The van der Waals surface area contributed by atoms with Gasteiger partial charge in [0.25, 0.3) is 6.01 Å². The second-order valence-electron chi connectivity index (χ2n) is 13.4. The van der Waals surface area contributed by atoms with Crippen LogP contribution in [0.3, 0.4) is 0 Å². The van der Waals surface area contributed by atoms with Crippen molar-refractivity contribution in [3.63, 3.8) is 0 Å². The van der Waals surface area contributed by atoms with Gasteiger partial charge < -0.3 is 35.1 Å². The van der Waals surface area contributed by atoms with E-state index in [0.29, 0.717) is 76.7 Å². The number of aromatic carboxylic acids is 1. The zero-order valence-corrected chi connectivity index (χ0v) is 34.7. The Kier molecular flexibility index (Phi) is 14.6. The number of hydrogen-bond donors (Lipinski definition) is 4. The number of aromatic amines is 1. The molecule has 3 heterocycles. The fraction of sp³-hybridized carbons (Fsp3) is 0.250. The van der Waals surface area contributed by atoms with Crippen LogP contribution in [0.25, 0.3) is 33.5 Å². The minimum atomic E-state index is -1.00. The summed E-state index contributed by atoms with van der Waals surface area (Å²) >= 11 is 6.42. The molecule has 316 valence electrons. The summed E-state index contributed by atoms with van der Waals surface area (Å²) in [7, 11) is 1.29. The number of esters is 2. The van der Waals surface area contributed by atoms with E-state index in [0.717, 1.165) is 22.3 Å². The maximum absolute atomic E-state index is 12.9. The molecular weight excluding hydrogens is 804 g/mol. The largest absolute Gasteiger partial charge is 0.478 e. The van der Waals surface area contributed by atoms with E-state index in [1.54, 1.807) is 56.3 Å². The molecule has 0 spiro atoms. The number of benzene rings is 4. The molecule has 0 radical (unpaired) electrons. The van der Waals surface area contributed by atoms with Crippen molar-refractivity contribution < 1.29 is 38.4 Å². The number of carbonyl (C=O) groups excluding carboxylic acids is 2. The van der Waals surface area contributed by atoms with Crippen LogP contribution in [0.4, 0.5) is 0 Å². The Morgan fingerprint density at radius 3 is 2.30 bits per heavy atom. The monoisotopic (exact) mass is 848 g/mol. The molecule has 17 heteroatoms. The highest BCUT2D eigenvalue weighted by Gasteiger charge is 2.39. The molecule has 0 saturated carbocycles. The number of hydrogen-bond acceptors (Lipinski definition) is 13. The maximum Gasteiger partial charge on any atom is 0.337 e. The predicted octanol–water partition coefficient (Wildman–Crippen LogP) is 6.29. The van der Waals surface area contributed by atoms with Gasteiger partial charge >= 0.3 is 17.9 Å². The number of halogens is 1. The van der Waals surface area contributed by atoms with Crippen LogP contribution in [-0.4, -0.2) is 93.3 Å². The van der Waals surface area contributed by atoms with Crippen LogP contribution in [0.2, 0.25) is 5.02 Å². The van der Waals surface area contributed by atoms with Crippen molar-refractivity contribution in [1.82, 2.24) is 35.5 Å². The number of carboxylic acids is 1. The number of ether oxygens (including phenoxy) is 4. The van der Waals surface area contributed by atoms with E-state index in [1.165, 1.54) is 7.11 Å². The molecule has 0 aliphatic carbocycles. The average molecular weight is 849 g/mol. The number of tetrazole rings is 1. The van der Waals surface area contributed by atoms with E-state index in [4.69, 9.17) is 36.3 Å². The number of fused-ring (bicyclic) bond motifs is 1. The van der Waals surface area contributed by atoms with Gasteiger partial charge in [-0.05, 0) is 71.7 Å². The number of nitrogens with one attached hydrogen (secondary N) is 2. The average Bonchev–Trinajstić information content (AvgIpc) is 3.93. The molecule has 5 N–H and O–H groups in total. The molecule has 61 heavy (non-hydrogen) atoms. The highest BCUT2D eigenvalue weighted by molar-refractivity contribution is 6.31. The van der Waals surface area contributed by atoms with E-state index in [-0.39, 0.29) is 24.4 Å². The first-order chi connectivity index (χ1) is 29.6. The number of imidazole rings is 1. The Labute approximate surface area is 356 Å². The fourth-order valence-corrected chi connectivity index (χ4v) is 7.27. The summed E-state index contributed by atoms with van der Waals surface area (Å²) in [5.41, 5.74) is 12.9. The molecule has 7 rings (SSSR count). The summed E-state index contributed by atoms with van der Waals surface area (Å²) in [5.74, 6) is -2.27. The molecule has 6 aromatic rings. The Bertz CT molecular complexity index is 2570. The van der Waals surface area contributed by atoms with E-state index in [2.05, 4.69) is 30.9 Å². The van der Waals surface area contributed by atoms with Crippen LogP contribution in [0.15, 0.2) is 114 Å². The Morgan fingerprint density at radius 2 is 1.64 bits per heavy atom. The first-order valence-electron chi connectivity index (χ1n) is 19.4. The van der Waals surface area contributed by atoms with Gasteiger partial charge in [-0.1, -0.05) is 84.4 Å². The molecule has 0 bridgehead atoms. The van der Waals surface area contributed by atoms with Gasteiger partial charge in [-0.3, -0.25) is 4.57 Å². The van der Waals surface area contributed by atoms with E-state index in [1.807, 2.05) is 60.0 Å². The number of nitrogens with two attached hydrogens (primary N) is 1. The van der Waals surface area contributed by atoms with Crippen molar-refractivity contribution in [1.29, 1.82) is 0 Å². The molecule has 1 aliphatic heterocycles. The lowest BCUT2D eigenvalue weighted by molar-refractivity contribution is -0.139. The van der Waals surface area contributed by atoms with Crippen molar-refractivity contribution in [2.24, 2.45) is 5.73 Å². The molecular formula is C44H45ClN8O8. The van der Waals surface area contributed by atoms with Gasteiger partial charge in [0.1, 0.15) is 0 Å². The summed E-state index contributed by atoms with van der Waals surface area (Å²) in [6.07, 6.45) is 0. The van der Waals surface area contributed by atoms with Crippen molar-refractivity contribution in [2.45, 2.75) is 33.2 Å². The van der Waals surface area contributed by atoms with Crippen molar-refractivity contribution >= 4 is 40.5 Å². The van der Waals surface area contributed by atoms with Crippen LogP contribution >= 0.6 is 11.6 Å². The summed E-state index contributed by atoms with van der Waals surface area (Å²) in [6, 6.07) is 28.5. The zero-order valence-electron chi connectivity index (χ0n) is 34.0. The molecule has 1 aliphatic rings. The molecule has 0 amide bonds. The minimum absolute atomic E-state index is 0.109. The van der Waals surface area contributed by atoms with Crippen molar-refractivity contribution in [2.75, 3.05) is 40.1 Å². The topological polar surface area (TPSA) is 219 Å². The van der Waals surface area contributed by atoms with Crippen molar-refractivity contribution in [3.05, 3.63) is 135 Å². The van der Waals surface area contributed by atoms with Crippen LogP contribution in [0, 0.1) is 0 Å². The van der Waals surface area contributed by atoms with Gasteiger partial charge in [0.05, 0.1) is 79.4 Å².